The lowest BCUT2D eigenvalue weighted by Crippen LogP contribution is -2.30. The second-order valence-corrected chi connectivity index (χ2v) is 4.10. The highest BCUT2D eigenvalue weighted by Crippen LogP contribution is 2.10. The zero-order valence-corrected chi connectivity index (χ0v) is 10.1. The summed E-state index contributed by atoms with van der Waals surface area (Å²) in [6.07, 6.45) is 0.390. The van der Waals surface area contributed by atoms with E-state index in [1.807, 2.05) is 0 Å². The molecule has 17 heavy (non-hydrogen) atoms. The zero-order chi connectivity index (χ0) is 13.0. The van der Waals surface area contributed by atoms with Crippen LogP contribution in [0.1, 0.15) is 16.8 Å². The molecule has 3 nitrogen and oxygen atoms in total. The van der Waals surface area contributed by atoms with Gasteiger partial charge in [0.25, 0.3) is 5.91 Å². The predicted octanol–water partition coefficient (Wildman–Crippen LogP) is 1.71. The van der Waals surface area contributed by atoms with Gasteiger partial charge in [-0.15, -0.1) is 0 Å². The van der Waals surface area contributed by atoms with E-state index >= 15 is 0 Å². The second-order valence-electron chi connectivity index (χ2n) is 3.57. The van der Waals surface area contributed by atoms with Crippen LogP contribution < -0.4 is 5.73 Å². The molecular formula is C11H12F2N2OS. The zero-order valence-electron chi connectivity index (χ0n) is 9.24. The van der Waals surface area contributed by atoms with E-state index in [1.165, 1.54) is 11.0 Å². The summed E-state index contributed by atoms with van der Waals surface area (Å²) in [4.78, 5) is 13.4. The van der Waals surface area contributed by atoms with Crippen LogP contribution in [0.3, 0.4) is 0 Å². The summed E-state index contributed by atoms with van der Waals surface area (Å²) in [5.74, 6) is -2.42. The van der Waals surface area contributed by atoms with Crippen molar-refractivity contribution < 1.29 is 13.6 Å². The van der Waals surface area contributed by atoms with E-state index < -0.39 is 17.5 Å². The van der Waals surface area contributed by atoms with Crippen molar-refractivity contribution in [2.45, 2.75) is 6.42 Å². The molecule has 0 heterocycles. The number of rotatable bonds is 4. The van der Waals surface area contributed by atoms with E-state index in [4.69, 9.17) is 5.73 Å². The molecule has 0 aliphatic carbocycles. The first kappa shape index (κ1) is 13.5. The summed E-state index contributed by atoms with van der Waals surface area (Å²) >= 11 is 4.69. The third-order valence-electron chi connectivity index (χ3n) is 2.21. The second kappa shape index (κ2) is 5.67. The maximum absolute atomic E-state index is 12.9. The predicted molar refractivity (Wildman–Crippen MR) is 64.7 cm³/mol. The van der Waals surface area contributed by atoms with Gasteiger partial charge in [0.15, 0.2) is 11.6 Å². The van der Waals surface area contributed by atoms with Crippen molar-refractivity contribution in [2.75, 3.05) is 13.6 Å². The fraction of sp³-hybridized carbons (Fsp3) is 0.273. The number of carbonyl (C=O) groups excluding carboxylic acids is 1. The highest BCUT2D eigenvalue weighted by atomic mass is 32.1. The third-order valence-corrected chi connectivity index (χ3v) is 2.41. The Bertz CT molecular complexity index is 451. The Labute approximate surface area is 103 Å². The molecule has 0 bridgehead atoms. The van der Waals surface area contributed by atoms with Crippen LogP contribution >= 0.6 is 12.2 Å². The number of halogens is 2. The van der Waals surface area contributed by atoms with Gasteiger partial charge in [-0.05, 0) is 18.2 Å². The van der Waals surface area contributed by atoms with E-state index in [2.05, 4.69) is 12.2 Å². The molecule has 0 fully saturated rings. The maximum atomic E-state index is 12.9. The van der Waals surface area contributed by atoms with Crippen molar-refractivity contribution in [3.05, 3.63) is 35.4 Å². The summed E-state index contributed by atoms with van der Waals surface area (Å²) in [5.41, 5.74) is 5.40. The number of carbonyl (C=O) groups is 1. The highest BCUT2D eigenvalue weighted by Gasteiger charge is 2.13. The van der Waals surface area contributed by atoms with Crippen LogP contribution in [0.4, 0.5) is 8.78 Å². The molecule has 1 amide bonds. The monoisotopic (exact) mass is 258 g/mol. The van der Waals surface area contributed by atoms with Gasteiger partial charge in [0, 0.05) is 25.6 Å². The van der Waals surface area contributed by atoms with Crippen molar-refractivity contribution in [3.63, 3.8) is 0 Å². The summed E-state index contributed by atoms with van der Waals surface area (Å²) in [5, 5.41) is 0. The molecule has 0 spiro atoms. The van der Waals surface area contributed by atoms with Crippen molar-refractivity contribution in [1.82, 2.24) is 4.90 Å². The Kier molecular flexibility index (Phi) is 4.51. The summed E-state index contributed by atoms with van der Waals surface area (Å²) in [6, 6.07) is 3.02. The number of thiocarbonyl (C=S) groups is 1. The Morgan fingerprint density at radius 2 is 2.06 bits per heavy atom. The Balaban J connectivity index is 2.74. The van der Waals surface area contributed by atoms with Crippen LogP contribution in [0.2, 0.25) is 0 Å². The lowest BCUT2D eigenvalue weighted by atomic mass is 10.2. The van der Waals surface area contributed by atoms with Gasteiger partial charge >= 0.3 is 0 Å². The van der Waals surface area contributed by atoms with Crippen molar-refractivity contribution in [3.8, 4) is 0 Å². The van der Waals surface area contributed by atoms with Gasteiger partial charge in [-0.25, -0.2) is 8.78 Å². The minimum absolute atomic E-state index is 0.0920. The summed E-state index contributed by atoms with van der Waals surface area (Å²) < 4.78 is 25.6. The Morgan fingerprint density at radius 1 is 1.41 bits per heavy atom. The van der Waals surface area contributed by atoms with Crippen LogP contribution in [0.15, 0.2) is 18.2 Å². The first-order valence-corrected chi connectivity index (χ1v) is 5.31. The molecule has 0 radical (unpaired) electrons. The van der Waals surface area contributed by atoms with Gasteiger partial charge in [-0.1, -0.05) is 12.2 Å². The van der Waals surface area contributed by atoms with Crippen molar-refractivity contribution in [2.24, 2.45) is 5.73 Å². The molecule has 1 aromatic carbocycles. The molecule has 1 rings (SSSR count). The summed E-state index contributed by atoms with van der Waals surface area (Å²) in [6.45, 7) is 0.340. The molecule has 0 saturated heterocycles. The van der Waals surface area contributed by atoms with Gasteiger partial charge in [0.05, 0.1) is 4.99 Å². The van der Waals surface area contributed by atoms with Crippen LogP contribution in [-0.4, -0.2) is 29.4 Å². The van der Waals surface area contributed by atoms with Gasteiger partial charge in [0.2, 0.25) is 0 Å². The lowest BCUT2D eigenvalue weighted by molar-refractivity contribution is 0.0798. The number of hydrogen-bond donors (Lipinski definition) is 1. The smallest absolute Gasteiger partial charge is 0.253 e. The van der Waals surface area contributed by atoms with Crippen LogP contribution in [0, 0.1) is 11.6 Å². The topological polar surface area (TPSA) is 46.3 Å². The van der Waals surface area contributed by atoms with Crippen LogP contribution in [0.5, 0.6) is 0 Å². The van der Waals surface area contributed by atoms with E-state index in [0.717, 1.165) is 12.1 Å². The van der Waals surface area contributed by atoms with Crippen LogP contribution in [0.25, 0.3) is 0 Å². The number of benzene rings is 1. The molecule has 92 valence electrons. The van der Waals surface area contributed by atoms with E-state index in [-0.39, 0.29) is 5.56 Å². The number of amides is 1. The van der Waals surface area contributed by atoms with Gasteiger partial charge in [0.1, 0.15) is 0 Å². The lowest BCUT2D eigenvalue weighted by Gasteiger charge is -2.16. The average Bonchev–Trinajstić information content (AvgIpc) is 2.28. The number of nitrogens with two attached hydrogens (primary N) is 1. The Hall–Kier alpha value is -1.56. The molecule has 0 aromatic heterocycles. The molecule has 6 heteroatoms. The SMILES string of the molecule is CN(CCC(N)=S)C(=O)c1ccc(F)c(F)c1. The first-order valence-electron chi connectivity index (χ1n) is 4.90. The number of hydrogen-bond acceptors (Lipinski definition) is 2. The Morgan fingerprint density at radius 3 is 2.59 bits per heavy atom. The summed E-state index contributed by atoms with van der Waals surface area (Å²) in [7, 11) is 1.54. The largest absolute Gasteiger partial charge is 0.393 e. The molecule has 0 aliphatic heterocycles. The van der Waals surface area contributed by atoms with E-state index in [9.17, 15) is 13.6 Å². The highest BCUT2D eigenvalue weighted by molar-refractivity contribution is 7.80. The molecule has 0 aliphatic rings. The van der Waals surface area contributed by atoms with Gasteiger partial charge in [-0.3, -0.25) is 4.79 Å². The van der Waals surface area contributed by atoms with Crippen molar-refractivity contribution in [1.29, 1.82) is 0 Å². The maximum Gasteiger partial charge on any atom is 0.253 e. The van der Waals surface area contributed by atoms with Crippen molar-refractivity contribution >= 4 is 23.1 Å². The fourth-order valence-corrected chi connectivity index (χ4v) is 1.32. The van der Waals surface area contributed by atoms with Crippen LogP contribution in [-0.2, 0) is 0 Å². The quantitative estimate of drug-likeness (QED) is 0.836. The van der Waals surface area contributed by atoms with Gasteiger partial charge in [-0.2, -0.15) is 0 Å². The minimum atomic E-state index is -1.04. The molecular weight excluding hydrogens is 246 g/mol. The van der Waals surface area contributed by atoms with E-state index in [1.54, 1.807) is 7.05 Å². The average molecular weight is 258 g/mol. The molecule has 2 N–H and O–H groups in total. The standard InChI is InChI=1S/C11H12F2N2OS/c1-15(5-4-10(14)17)11(16)7-2-3-8(12)9(13)6-7/h2-3,6H,4-5H2,1H3,(H2,14,17). The van der Waals surface area contributed by atoms with Gasteiger partial charge < -0.3 is 10.6 Å². The van der Waals surface area contributed by atoms with E-state index in [0.29, 0.717) is 18.0 Å². The minimum Gasteiger partial charge on any atom is -0.393 e. The molecule has 0 atom stereocenters. The number of nitrogens with zero attached hydrogens (tertiary/aromatic N) is 1. The molecule has 0 unspecified atom stereocenters. The first-order chi connectivity index (χ1) is 7.91. The molecule has 1 aromatic rings. The normalized spacial score (nSPS) is 10.1. The molecule has 0 saturated carbocycles. The third kappa shape index (κ3) is 3.74. The fourth-order valence-electron chi connectivity index (χ4n) is 1.23.